The Morgan fingerprint density at radius 2 is 2.21 bits per heavy atom. The lowest BCUT2D eigenvalue weighted by molar-refractivity contribution is -0.131. The number of nitrogens with zero attached hydrogens (tertiary/aromatic N) is 1. The van der Waals surface area contributed by atoms with Crippen molar-refractivity contribution in [3.63, 3.8) is 0 Å². The molecule has 0 radical (unpaired) electrons. The van der Waals surface area contributed by atoms with Gasteiger partial charge < -0.3 is 15.2 Å². The number of carboxylic acids is 1. The molecule has 1 aromatic heterocycles. The van der Waals surface area contributed by atoms with Gasteiger partial charge in [-0.25, -0.2) is 9.78 Å². The Labute approximate surface area is 114 Å². The molecule has 0 spiro atoms. The molecule has 0 saturated carbocycles. The van der Waals surface area contributed by atoms with Crippen molar-refractivity contribution in [1.82, 2.24) is 4.98 Å². The van der Waals surface area contributed by atoms with E-state index in [1.807, 2.05) is 0 Å². The van der Waals surface area contributed by atoms with Gasteiger partial charge >= 0.3 is 5.97 Å². The second-order valence-corrected chi connectivity index (χ2v) is 5.18. The van der Waals surface area contributed by atoms with Crippen LogP contribution in [0, 0.1) is 5.92 Å². The summed E-state index contributed by atoms with van der Waals surface area (Å²) in [5, 5.41) is 11.8. The van der Waals surface area contributed by atoms with Crippen LogP contribution in [0.2, 0.25) is 0 Å². The smallest absolute Gasteiger partial charge is 0.328 e. The molecule has 0 unspecified atom stereocenters. The summed E-state index contributed by atoms with van der Waals surface area (Å²) in [5.41, 5.74) is 0. The number of aromatic nitrogens is 1. The Bertz CT molecular complexity index is 492. The number of carbonyl (C=O) groups excluding carboxylic acids is 1. The fourth-order valence-electron chi connectivity index (χ4n) is 1.74. The molecule has 1 saturated heterocycles. The van der Waals surface area contributed by atoms with Crippen LogP contribution in [0.1, 0.15) is 17.7 Å². The molecule has 1 aliphatic heterocycles. The van der Waals surface area contributed by atoms with E-state index in [2.05, 4.69) is 10.3 Å². The van der Waals surface area contributed by atoms with Gasteiger partial charge in [-0.1, -0.05) is 11.3 Å². The first-order valence-corrected chi connectivity index (χ1v) is 6.72. The Kier molecular flexibility index (Phi) is 4.64. The van der Waals surface area contributed by atoms with E-state index in [1.54, 1.807) is 0 Å². The molecule has 1 aliphatic rings. The fraction of sp³-hybridized carbons (Fsp3) is 0.417. The van der Waals surface area contributed by atoms with E-state index in [4.69, 9.17) is 9.84 Å². The van der Waals surface area contributed by atoms with E-state index in [0.717, 1.165) is 18.9 Å². The Morgan fingerprint density at radius 3 is 2.89 bits per heavy atom. The largest absolute Gasteiger partial charge is 0.478 e. The first-order valence-electron chi connectivity index (χ1n) is 5.90. The molecule has 0 atom stereocenters. The van der Waals surface area contributed by atoms with Gasteiger partial charge in [0, 0.05) is 36.3 Å². The molecule has 1 aromatic rings. The average molecular weight is 282 g/mol. The number of ether oxygens (including phenoxy) is 1. The molecule has 1 fully saturated rings. The quantitative estimate of drug-likeness (QED) is 0.819. The number of hydrogen-bond donors (Lipinski definition) is 2. The molecular formula is C12H14N2O4S. The van der Waals surface area contributed by atoms with Gasteiger partial charge in [-0.3, -0.25) is 4.79 Å². The summed E-state index contributed by atoms with van der Waals surface area (Å²) < 4.78 is 5.20. The maximum atomic E-state index is 11.9. The molecule has 2 rings (SSSR count). The van der Waals surface area contributed by atoms with Crippen LogP contribution in [0.4, 0.5) is 5.13 Å². The number of rotatable bonds is 4. The number of anilines is 1. The van der Waals surface area contributed by atoms with Crippen LogP contribution < -0.4 is 5.32 Å². The second-order valence-electron chi connectivity index (χ2n) is 4.12. The number of hydrogen-bond acceptors (Lipinski definition) is 5. The van der Waals surface area contributed by atoms with Gasteiger partial charge in [0.15, 0.2) is 5.13 Å². The van der Waals surface area contributed by atoms with Gasteiger partial charge in [0.05, 0.1) is 0 Å². The molecule has 1 amide bonds. The van der Waals surface area contributed by atoms with E-state index >= 15 is 0 Å². The van der Waals surface area contributed by atoms with Gasteiger partial charge in [-0.2, -0.15) is 0 Å². The predicted molar refractivity (Wildman–Crippen MR) is 71.0 cm³/mol. The van der Waals surface area contributed by atoms with E-state index in [-0.39, 0.29) is 11.8 Å². The van der Waals surface area contributed by atoms with Crippen molar-refractivity contribution in [2.24, 2.45) is 5.92 Å². The first-order chi connectivity index (χ1) is 9.15. The van der Waals surface area contributed by atoms with E-state index in [0.29, 0.717) is 23.2 Å². The lowest BCUT2D eigenvalue weighted by Crippen LogP contribution is -2.28. The zero-order valence-corrected chi connectivity index (χ0v) is 11.0. The number of nitrogens with one attached hydrogen (secondary N) is 1. The maximum absolute atomic E-state index is 11.9. The van der Waals surface area contributed by atoms with E-state index in [1.165, 1.54) is 23.6 Å². The van der Waals surface area contributed by atoms with Crippen LogP contribution in [0.15, 0.2) is 12.3 Å². The average Bonchev–Trinajstić information content (AvgIpc) is 2.85. The highest BCUT2D eigenvalue weighted by molar-refractivity contribution is 7.16. The van der Waals surface area contributed by atoms with Crippen molar-refractivity contribution in [3.05, 3.63) is 17.2 Å². The zero-order chi connectivity index (χ0) is 13.7. The van der Waals surface area contributed by atoms with Gasteiger partial charge in [0.1, 0.15) is 0 Å². The number of aliphatic carboxylic acids is 1. The lowest BCUT2D eigenvalue weighted by Gasteiger charge is -2.20. The van der Waals surface area contributed by atoms with E-state index in [9.17, 15) is 9.59 Å². The predicted octanol–water partition coefficient (Wildman–Crippen LogP) is 1.61. The summed E-state index contributed by atoms with van der Waals surface area (Å²) in [6, 6.07) is 0. The minimum absolute atomic E-state index is 0.0318. The summed E-state index contributed by atoms with van der Waals surface area (Å²) >= 11 is 1.24. The summed E-state index contributed by atoms with van der Waals surface area (Å²) in [5.74, 6) is -1.09. The van der Waals surface area contributed by atoms with Gasteiger partial charge in [0.2, 0.25) is 5.91 Å². The van der Waals surface area contributed by atoms with E-state index < -0.39 is 5.97 Å². The van der Waals surface area contributed by atoms with Crippen LogP contribution in [0.25, 0.3) is 6.08 Å². The minimum Gasteiger partial charge on any atom is -0.478 e. The van der Waals surface area contributed by atoms with Crippen LogP contribution >= 0.6 is 11.3 Å². The summed E-state index contributed by atoms with van der Waals surface area (Å²) in [7, 11) is 0. The summed E-state index contributed by atoms with van der Waals surface area (Å²) in [6.45, 7) is 1.23. The third-order valence-electron chi connectivity index (χ3n) is 2.74. The van der Waals surface area contributed by atoms with Crippen LogP contribution in [0.3, 0.4) is 0 Å². The van der Waals surface area contributed by atoms with Crippen LogP contribution in [-0.4, -0.2) is 35.2 Å². The highest BCUT2D eigenvalue weighted by Gasteiger charge is 2.22. The molecule has 19 heavy (non-hydrogen) atoms. The highest BCUT2D eigenvalue weighted by atomic mass is 32.1. The Balaban J connectivity index is 1.92. The maximum Gasteiger partial charge on any atom is 0.328 e. The monoisotopic (exact) mass is 282 g/mol. The van der Waals surface area contributed by atoms with Crippen LogP contribution in [-0.2, 0) is 14.3 Å². The van der Waals surface area contributed by atoms with Crippen molar-refractivity contribution >= 4 is 34.4 Å². The number of thiazole rings is 1. The molecule has 2 heterocycles. The van der Waals surface area contributed by atoms with Crippen LogP contribution in [0.5, 0.6) is 0 Å². The van der Waals surface area contributed by atoms with Gasteiger partial charge in [-0.15, -0.1) is 0 Å². The molecule has 6 nitrogen and oxygen atoms in total. The summed E-state index contributed by atoms with van der Waals surface area (Å²) in [4.78, 5) is 27.0. The lowest BCUT2D eigenvalue weighted by atomic mass is 10.00. The molecule has 0 bridgehead atoms. The number of carboxylic acid groups (broad SMARTS) is 1. The fourth-order valence-corrected chi connectivity index (χ4v) is 2.46. The molecule has 0 aliphatic carbocycles. The van der Waals surface area contributed by atoms with Crippen molar-refractivity contribution < 1.29 is 19.4 Å². The molecular weight excluding hydrogens is 268 g/mol. The van der Waals surface area contributed by atoms with Crippen molar-refractivity contribution in [2.45, 2.75) is 12.8 Å². The number of amides is 1. The number of carbonyl (C=O) groups is 2. The third-order valence-corrected chi connectivity index (χ3v) is 3.61. The molecule has 7 heteroatoms. The van der Waals surface area contributed by atoms with Gasteiger partial charge in [-0.05, 0) is 18.9 Å². The van der Waals surface area contributed by atoms with Crippen molar-refractivity contribution in [1.29, 1.82) is 0 Å². The topological polar surface area (TPSA) is 88.5 Å². The SMILES string of the molecule is O=C(O)C=Cc1cnc(NC(=O)C2CCOCC2)s1. The third kappa shape index (κ3) is 4.15. The first kappa shape index (κ1) is 13.7. The van der Waals surface area contributed by atoms with Crippen molar-refractivity contribution in [3.8, 4) is 0 Å². The zero-order valence-electron chi connectivity index (χ0n) is 10.2. The van der Waals surface area contributed by atoms with Gasteiger partial charge in [0.25, 0.3) is 0 Å². The second kappa shape index (κ2) is 6.44. The normalized spacial score (nSPS) is 16.6. The standard InChI is InChI=1S/C12H14N2O4S/c15-10(16)2-1-9-7-13-12(19-9)14-11(17)8-3-5-18-6-4-8/h1-2,7-8H,3-6H2,(H,15,16)(H,13,14,17). The summed E-state index contributed by atoms with van der Waals surface area (Å²) in [6.07, 6.45) is 5.47. The Hall–Kier alpha value is -1.73. The highest BCUT2D eigenvalue weighted by Crippen LogP contribution is 2.22. The molecule has 2 N–H and O–H groups in total. The van der Waals surface area contributed by atoms with Crippen molar-refractivity contribution in [2.75, 3.05) is 18.5 Å². The molecule has 0 aromatic carbocycles. The molecule has 102 valence electrons. The Morgan fingerprint density at radius 1 is 1.47 bits per heavy atom. The minimum atomic E-state index is -1.01.